The van der Waals surface area contributed by atoms with Crippen molar-refractivity contribution in [2.75, 3.05) is 11.9 Å². The Morgan fingerprint density at radius 2 is 2.05 bits per heavy atom. The maximum absolute atomic E-state index is 5.68. The first-order chi connectivity index (χ1) is 9.67. The number of nitrogens with one attached hydrogen (secondary N) is 1. The molecule has 0 aliphatic carbocycles. The highest BCUT2D eigenvalue weighted by Gasteiger charge is 2.02. The molecular weight excluding hydrogens is 318 g/mol. The summed E-state index contributed by atoms with van der Waals surface area (Å²) in [6.45, 7) is 5.80. The van der Waals surface area contributed by atoms with Gasteiger partial charge in [0.05, 0.1) is 6.61 Å². The average molecular weight is 336 g/mol. The monoisotopic (exact) mass is 335 g/mol. The summed E-state index contributed by atoms with van der Waals surface area (Å²) in [5, 5.41) is 3.19. The molecule has 0 radical (unpaired) electrons. The van der Waals surface area contributed by atoms with E-state index in [9.17, 15) is 0 Å². The number of ether oxygens (including phenoxy) is 1. The van der Waals surface area contributed by atoms with Gasteiger partial charge in [0.15, 0.2) is 5.82 Å². The number of nitrogens with zero attached hydrogens (tertiary/aromatic N) is 2. The van der Waals surface area contributed by atoms with E-state index in [1.807, 2.05) is 44.2 Å². The minimum absolute atomic E-state index is 0.409. The number of hydrogen-bond donors (Lipinski definition) is 1. The molecule has 1 aromatic carbocycles. The standard InChI is InChI=1S/C15H18BrN3O/c1-3-17-14-7-11(2)18-15(19-14)10-20-9-12-5-4-6-13(16)8-12/h4-8H,3,9-10H2,1-2H3,(H,17,18,19). The second-order valence-electron chi connectivity index (χ2n) is 4.46. The van der Waals surface area contributed by atoms with E-state index in [1.165, 1.54) is 0 Å². The van der Waals surface area contributed by atoms with Crippen molar-refractivity contribution in [1.29, 1.82) is 0 Å². The van der Waals surface area contributed by atoms with Gasteiger partial charge in [-0.15, -0.1) is 0 Å². The summed E-state index contributed by atoms with van der Waals surface area (Å²) in [6.07, 6.45) is 0. The summed E-state index contributed by atoms with van der Waals surface area (Å²) in [5.41, 5.74) is 2.07. The molecule has 1 N–H and O–H groups in total. The number of aromatic nitrogens is 2. The Hall–Kier alpha value is -1.46. The minimum Gasteiger partial charge on any atom is -0.370 e. The molecule has 2 aromatic rings. The number of anilines is 1. The molecule has 0 unspecified atom stereocenters. The number of rotatable bonds is 6. The van der Waals surface area contributed by atoms with Crippen molar-refractivity contribution in [3.8, 4) is 0 Å². The van der Waals surface area contributed by atoms with Crippen molar-refractivity contribution in [3.63, 3.8) is 0 Å². The van der Waals surface area contributed by atoms with E-state index in [4.69, 9.17) is 4.74 Å². The molecular formula is C15H18BrN3O. The van der Waals surface area contributed by atoms with Crippen molar-refractivity contribution >= 4 is 21.7 Å². The Kier molecular flexibility index (Phi) is 5.49. The fourth-order valence-electron chi connectivity index (χ4n) is 1.85. The molecule has 106 valence electrons. The Labute approximate surface area is 127 Å². The van der Waals surface area contributed by atoms with Crippen LogP contribution in [0.3, 0.4) is 0 Å². The number of halogens is 1. The highest BCUT2D eigenvalue weighted by atomic mass is 79.9. The lowest BCUT2D eigenvalue weighted by Gasteiger charge is -2.08. The maximum atomic E-state index is 5.68. The van der Waals surface area contributed by atoms with Crippen molar-refractivity contribution in [2.24, 2.45) is 0 Å². The van der Waals surface area contributed by atoms with Gasteiger partial charge in [0.2, 0.25) is 0 Å². The van der Waals surface area contributed by atoms with Gasteiger partial charge in [-0.3, -0.25) is 0 Å². The van der Waals surface area contributed by atoms with Crippen LogP contribution in [0.2, 0.25) is 0 Å². The zero-order valence-electron chi connectivity index (χ0n) is 11.7. The molecule has 1 heterocycles. The highest BCUT2D eigenvalue weighted by molar-refractivity contribution is 9.10. The fraction of sp³-hybridized carbons (Fsp3) is 0.333. The minimum atomic E-state index is 0.409. The lowest BCUT2D eigenvalue weighted by molar-refractivity contribution is 0.102. The zero-order chi connectivity index (χ0) is 14.4. The molecule has 1 aromatic heterocycles. The van der Waals surface area contributed by atoms with Crippen LogP contribution in [0, 0.1) is 6.92 Å². The summed E-state index contributed by atoms with van der Waals surface area (Å²) >= 11 is 3.45. The van der Waals surface area contributed by atoms with Crippen LogP contribution in [0.25, 0.3) is 0 Å². The predicted molar refractivity (Wildman–Crippen MR) is 83.6 cm³/mol. The Balaban J connectivity index is 1.93. The van der Waals surface area contributed by atoms with Crippen LogP contribution in [-0.2, 0) is 18.0 Å². The number of benzene rings is 1. The van der Waals surface area contributed by atoms with Gasteiger partial charge in [0.1, 0.15) is 12.4 Å². The van der Waals surface area contributed by atoms with E-state index >= 15 is 0 Å². The lowest BCUT2D eigenvalue weighted by Crippen LogP contribution is -2.06. The third kappa shape index (κ3) is 4.58. The van der Waals surface area contributed by atoms with Crippen LogP contribution < -0.4 is 5.32 Å². The Morgan fingerprint density at radius 3 is 2.80 bits per heavy atom. The van der Waals surface area contributed by atoms with E-state index in [1.54, 1.807) is 0 Å². The van der Waals surface area contributed by atoms with Crippen molar-refractivity contribution in [1.82, 2.24) is 9.97 Å². The smallest absolute Gasteiger partial charge is 0.156 e. The van der Waals surface area contributed by atoms with Gasteiger partial charge in [0.25, 0.3) is 0 Å². The van der Waals surface area contributed by atoms with Crippen LogP contribution in [0.5, 0.6) is 0 Å². The first-order valence-electron chi connectivity index (χ1n) is 6.58. The van der Waals surface area contributed by atoms with Gasteiger partial charge in [-0.25, -0.2) is 9.97 Å². The molecule has 0 amide bonds. The van der Waals surface area contributed by atoms with Gasteiger partial charge >= 0.3 is 0 Å². The molecule has 0 saturated heterocycles. The first-order valence-corrected chi connectivity index (χ1v) is 7.37. The van der Waals surface area contributed by atoms with E-state index < -0.39 is 0 Å². The number of aryl methyl sites for hydroxylation is 1. The van der Waals surface area contributed by atoms with E-state index in [-0.39, 0.29) is 0 Å². The summed E-state index contributed by atoms with van der Waals surface area (Å²) in [5.74, 6) is 1.55. The van der Waals surface area contributed by atoms with E-state index in [2.05, 4.69) is 31.2 Å². The molecule has 2 rings (SSSR count). The van der Waals surface area contributed by atoms with Crippen molar-refractivity contribution in [3.05, 3.63) is 51.9 Å². The van der Waals surface area contributed by atoms with Gasteiger partial charge in [0, 0.05) is 22.8 Å². The van der Waals surface area contributed by atoms with Crippen molar-refractivity contribution < 1.29 is 4.74 Å². The van der Waals surface area contributed by atoms with Gasteiger partial charge in [-0.05, 0) is 31.5 Å². The maximum Gasteiger partial charge on any atom is 0.156 e. The first kappa shape index (κ1) is 14.9. The SMILES string of the molecule is CCNc1cc(C)nc(COCc2cccc(Br)c2)n1. The van der Waals surface area contributed by atoms with Crippen LogP contribution in [0.1, 0.15) is 24.0 Å². The van der Waals surface area contributed by atoms with Gasteiger partial charge < -0.3 is 10.1 Å². The van der Waals surface area contributed by atoms with Crippen LogP contribution >= 0.6 is 15.9 Å². The fourth-order valence-corrected chi connectivity index (χ4v) is 2.30. The quantitative estimate of drug-likeness (QED) is 0.874. The molecule has 20 heavy (non-hydrogen) atoms. The zero-order valence-corrected chi connectivity index (χ0v) is 13.3. The highest BCUT2D eigenvalue weighted by Crippen LogP contribution is 2.13. The summed E-state index contributed by atoms with van der Waals surface area (Å²) in [7, 11) is 0. The van der Waals surface area contributed by atoms with Crippen LogP contribution in [-0.4, -0.2) is 16.5 Å². The lowest BCUT2D eigenvalue weighted by atomic mass is 10.2. The van der Waals surface area contributed by atoms with E-state index in [0.29, 0.717) is 19.0 Å². The Bertz CT molecular complexity index is 575. The van der Waals surface area contributed by atoms with Crippen LogP contribution in [0.15, 0.2) is 34.8 Å². The Morgan fingerprint density at radius 1 is 1.20 bits per heavy atom. The van der Waals surface area contributed by atoms with Gasteiger partial charge in [-0.2, -0.15) is 0 Å². The normalized spacial score (nSPS) is 10.6. The summed E-state index contributed by atoms with van der Waals surface area (Å²) in [4.78, 5) is 8.80. The molecule has 5 heteroatoms. The topological polar surface area (TPSA) is 47.0 Å². The molecule has 4 nitrogen and oxygen atoms in total. The molecule has 0 fully saturated rings. The summed E-state index contributed by atoms with van der Waals surface area (Å²) < 4.78 is 6.73. The molecule has 0 spiro atoms. The second-order valence-corrected chi connectivity index (χ2v) is 5.38. The largest absolute Gasteiger partial charge is 0.370 e. The molecule has 0 atom stereocenters. The summed E-state index contributed by atoms with van der Waals surface area (Å²) in [6, 6.07) is 10.00. The number of hydrogen-bond acceptors (Lipinski definition) is 4. The van der Waals surface area contributed by atoms with E-state index in [0.717, 1.165) is 28.1 Å². The predicted octanol–water partition coefficient (Wildman–Crippen LogP) is 3.70. The van der Waals surface area contributed by atoms with Crippen molar-refractivity contribution in [2.45, 2.75) is 27.1 Å². The third-order valence-corrected chi connectivity index (χ3v) is 3.14. The molecule has 0 aliphatic heterocycles. The van der Waals surface area contributed by atoms with Crippen LogP contribution in [0.4, 0.5) is 5.82 Å². The molecule has 0 aliphatic rings. The molecule has 0 bridgehead atoms. The average Bonchev–Trinajstić information content (AvgIpc) is 2.38. The third-order valence-electron chi connectivity index (χ3n) is 2.65. The second kappa shape index (κ2) is 7.36. The van der Waals surface area contributed by atoms with Gasteiger partial charge in [-0.1, -0.05) is 28.1 Å². The molecule has 0 saturated carbocycles.